The van der Waals surface area contributed by atoms with Gasteiger partial charge in [-0.05, 0) is 19.4 Å². The van der Waals surface area contributed by atoms with Gasteiger partial charge in [0.1, 0.15) is 6.29 Å². The van der Waals surface area contributed by atoms with Crippen LogP contribution >= 0.6 is 0 Å². The Kier molecular flexibility index (Phi) is 5.51. The van der Waals surface area contributed by atoms with Gasteiger partial charge in [-0.2, -0.15) is 5.26 Å². The lowest BCUT2D eigenvalue weighted by molar-refractivity contribution is -0.124. The number of carbonyl (C=O) groups is 2. The van der Waals surface area contributed by atoms with Crippen LogP contribution in [0.25, 0.3) is 0 Å². The Bertz CT molecular complexity index is 285. The van der Waals surface area contributed by atoms with E-state index in [1.165, 1.54) is 0 Å². The Balaban J connectivity index is 2.31. The van der Waals surface area contributed by atoms with Gasteiger partial charge in [-0.25, -0.2) is 0 Å². The fourth-order valence-corrected chi connectivity index (χ4v) is 1.87. The van der Waals surface area contributed by atoms with Crippen LogP contribution in [0.5, 0.6) is 0 Å². The third kappa shape index (κ3) is 3.99. The molecule has 5 nitrogen and oxygen atoms in total. The van der Waals surface area contributed by atoms with Gasteiger partial charge >= 0.3 is 0 Å². The predicted octanol–water partition coefficient (Wildman–Crippen LogP) is 0.0697. The fraction of sp³-hybridized carbons (Fsp3) is 0.727. The summed E-state index contributed by atoms with van der Waals surface area (Å²) in [6.45, 7) is 1.44. The fourth-order valence-electron chi connectivity index (χ4n) is 1.87. The van der Waals surface area contributed by atoms with E-state index >= 15 is 0 Å². The van der Waals surface area contributed by atoms with Gasteiger partial charge in [-0.15, -0.1) is 0 Å². The van der Waals surface area contributed by atoms with Crippen molar-refractivity contribution in [3.05, 3.63) is 0 Å². The van der Waals surface area contributed by atoms with Crippen molar-refractivity contribution in [1.29, 1.82) is 5.26 Å². The molecule has 0 bridgehead atoms. The minimum absolute atomic E-state index is 0.107. The molecule has 0 aromatic heterocycles. The molecule has 1 amide bonds. The van der Waals surface area contributed by atoms with Crippen LogP contribution in [0.2, 0.25) is 0 Å². The molecule has 1 saturated heterocycles. The molecule has 0 aliphatic carbocycles. The molecule has 0 saturated carbocycles. The maximum absolute atomic E-state index is 11.5. The summed E-state index contributed by atoms with van der Waals surface area (Å²) >= 11 is 0. The zero-order valence-electron chi connectivity index (χ0n) is 9.32. The van der Waals surface area contributed by atoms with Gasteiger partial charge in [0.2, 0.25) is 5.91 Å². The summed E-state index contributed by atoms with van der Waals surface area (Å²) in [7, 11) is 0. The second kappa shape index (κ2) is 6.96. The first-order valence-electron chi connectivity index (χ1n) is 5.61. The van der Waals surface area contributed by atoms with Gasteiger partial charge in [0.25, 0.3) is 0 Å². The van der Waals surface area contributed by atoms with Crippen molar-refractivity contribution in [2.24, 2.45) is 0 Å². The van der Waals surface area contributed by atoms with Crippen LogP contribution < -0.4 is 5.32 Å². The number of amides is 1. The Hall–Kier alpha value is -1.41. The number of nitrogens with zero attached hydrogens (tertiary/aromatic N) is 2. The molecule has 1 N–H and O–H groups in total. The summed E-state index contributed by atoms with van der Waals surface area (Å²) in [4.78, 5) is 24.2. The van der Waals surface area contributed by atoms with Crippen molar-refractivity contribution in [3.8, 4) is 6.07 Å². The first kappa shape index (κ1) is 12.7. The molecule has 16 heavy (non-hydrogen) atoms. The third-order valence-corrected chi connectivity index (χ3v) is 2.73. The summed E-state index contributed by atoms with van der Waals surface area (Å²) < 4.78 is 0. The number of aldehydes is 1. The molecule has 1 fully saturated rings. The van der Waals surface area contributed by atoms with Crippen LogP contribution in [0.4, 0.5) is 0 Å². The van der Waals surface area contributed by atoms with E-state index in [4.69, 9.17) is 5.26 Å². The van der Waals surface area contributed by atoms with Crippen LogP contribution in [0.15, 0.2) is 0 Å². The number of rotatable bonds is 5. The lowest BCUT2D eigenvalue weighted by Gasteiger charge is -2.31. The van der Waals surface area contributed by atoms with E-state index in [1.54, 1.807) is 0 Å². The highest BCUT2D eigenvalue weighted by Gasteiger charge is 2.23. The number of carbonyl (C=O) groups excluding carboxylic acids is 2. The van der Waals surface area contributed by atoms with Gasteiger partial charge in [-0.1, -0.05) is 6.42 Å². The first-order chi connectivity index (χ1) is 7.77. The van der Waals surface area contributed by atoms with Crippen molar-refractivity contribution < 1.29 is 9.59 Å². The summed E-state index contributed by atoms with van der Waals surface area (Å²) in [5.74, 6) is -0.107. The topological polar surface area (TPSA) is 73.2 Å². The van der Waals surface area contributed by atoms with Crippen LogP contribution in [-0.4, -0.2) is 42.8 Å². The first-order valence-corrected chi connectivity index (χ1v) is 5.61. The largest absolute Gasteiger partial charge is 0.354 e. The van der Waals surface area contributed by atoms with Crippen molar-refractivity contribution >= 4 is 12.2 Å². The summed E-state index contributed by atoms with van der Waals surface area (Å²) in [5.41, 5.74) is 0. The molecule has 1 aliphatic rings. The van der Waals surface area contributed by atoms with Crippen LogP contribution in [-0.2, 0) is 9.59 Å². The van der Waals surface area contributed by atoms with E-state index in [0.29, 0.717) is 13.0 Å². The third-order valence-electron chi connectivity index (χ3n) is 2.73. The second-order valence-electron chi connectivity index (χ2n) is 3.93. The van der Waals surface area contributed by atoms with E-state index in [9.17, 15) is 9.59 Å². The van der Waals surface area contributed by atoms with Crippen molar-refractivity contribution in [2.75, 3.05) is 19.6 Å². The average molecular weight is 223 g/mol. The zero-order valence-corrected chi connectivity index (χ0v) is 9.32. The lowest BCUT2D eigenvalue weighted by Crippen LogP contribution is -2.46. The second-order valence-corrected chi connectivity index (χ2v) is 3.93. The number of hydrogen-bond donors (Lipinski definition) is 1. The van der Waals surface area contributed by atoms with Crippen molar-refractivity contribution in [2.45, 2.75) is 31.7 Å². The van der Waals surface area contributed by atoms with Gasteiger partial charge in [0.05, 0.1) is 25.1 Å². The standard InChI is InChI=1S/C11H17N3O2/c12-5-3-6-13-11(16)8-14-7-2-1-4-10(14)9-15/h9-10H,1-4,6-8H2,(H,13,16). The minimum atomic E-state index is -0.115. The predicted molar refractivity (Wildman–Crippen MR) is 58.5 cm³/mol. The molecule has 1 heterocycles. The van der Waals surface area contributed by atoms with Crippen molar-refractivity contribution in [1.82, 2.24) is 10.2 Å². The smallest absolute Gasteiger partial charge is 0.234 e. The molecular formula is C11H17N3O2. The van der Waals surface area contributed by atoms with Gasteiger partial charge in [-0.3, -0.25) is 9.69 Å². The Morgan fingerprint density at radius 3 is 3.06 bits per heavy atom. The minimum Gasteiger partial charge on any atom is -0.354 e. The molecule has 88 valence electrons. The average Bonchev–Trinajstić information content (AvgIpc) is 2.30. The molecular weight excluding hydrogens is 206 g/mol. The van der Waals surface area contributed by atoms with Gasteiger partial charge in [0, 0.05) is 6.54 Å². The molecule has 1 unspecified atom stereocenters. The Morgan fingerprint density at radius 1 is 1.56 bits per heavy atom. The molecule has 0 spiro atoms. The highest BCUT2D eigenvalue weighted by molar-refractivity contribution is 5.78. The number of piperidine rings is 1. The number of nitrogens with one attached hydrogen (secondary N) is 1. The van der Waals surface area contributed by atoms with Gasteiger partial charge < -0.3 is 10.1 Å². The maximum Gasteiger partial charge on any atom is 0.234 e. The van der Waals surface area contributed by atoms with Crippen molar-refractivity contribution in [3.63, 3.8) is 0 Å². The zero-order chi connectivity index (χ0) is 11.8. The van der Waals surface area contributed by atoms with E-state index in [0.717, 1.165) is 32.1 Å². The summed E-state index contributed by atoms with van der Waals surface area (Å²) in [5, 5.41) is 11.0. The number of likely N-dealkylation sites (tertiary alicyclic amines) is 1. The summed E-state index contributed by atoms with van der Waals surface area (Å²) in [6.07, 6.45) is 4.17. The van der Waals surface area contributed by atoms with Crippen LogP contribution in [0.3, 0.4) is 0 Å². The van der Waals surface area contributed by atoms with E-state index in [1.807, 2.05) is 11.0 Å². The van der Waals surface area contributed by atoms with E-state index in [2.05, 4.69) is 5.32 Å². The lowest BCUT2D eigenvalue weighted by atomic mass is 10.0. The highest BCUT2D eigenvalue weighted by Crippen LogP contribution is 2.14. The summed E-state index contributed by atoms with van der Waals surface area (Å²) in [6, 6.07) is 1.85. The molecule has 0 aromatic carbocycles. The van der Waals surface area contributed by atoms with Crippen LogP contribution in [0.1, 0.15) is 25.7 Å². The Morgan fingerprint density at radius 2 is 2.38 bits per heavy atom. The molecule has 0 radical (unpaired) electrons. The quantitative estimate of drug-likeness (QED) is 0.528. The normalized spacial score (nSPS) is 21.1. The molecule has 0 aromatic rings. The monoisotopic (exact) mass is 223 g/mol. The molecule has 1 atom stereocenters. The van der Waals surface area contributed by atoms with Crippen LogP contribution in [0, 0.1) is 11.3 Å². The SMILES string of the molecule is N#CCCNC(=O)CN1CCCCC1C=O. The Labute approximate surface area is 95.4 Å². The number of hydrogen-bond acceptors (Lipinski definition) is 4. The van der Waals surface area contributed by atoms with E-state index < -0.39 is 0 Å². The molecule has 5 heteroatoms. The highest BCUT2D eigenvalue weighted by atomic mass is 16.2. The maximum atomic E-state index is 11.5. The van der Waals surface area contributed by atoms with E-state index in [-0.39, 0.29) is 18.5 Å². The molecule has 1 aliphatic heterocycles. The number of nitriles is 1. The molecule has 1 rings (SSSR count). The van der Waals surface area contributed by atoms with Gasteiger partial charge in [0.15, 0.2) is 0 Å².